The van der Waals surface area contributed by atoms with Gasteiger partial charge >= 0.3 is 0 Å². The first-order valence-corrected chi connectivity index (χ1v) is 10.4. The van der Waals surface area contributed by atoms with Crippen molar-refractivity contribution in [2.24, 2.45) is 0 Å². The second-order valence-corrected chi connectivity index (χ2v) is 8.14. The molecule has 0 unspecified atom stereocenters. The van der Waals surface area contributed by atoms with Crippen LogP contribution in [0.2, 0.25) is 0 Å². The van der Waals surface area contributed by atoms with Crippen LogP contribution in [-0.4, -0.2) is 25.1 Å². The molecule has 0 aliphatic rings. The summed E-state index contributed by atoms with van der Waals surface area (Å²) in [5.74, 6) is 0.714. The van der Waals surface area contributed by atoms with Gasteiger partial charge in [-0.3, -0.25) is 10.1 Å². The van der Waals surface area contributed by atoms with Crippen LogP contribution in [0.1, 0.15) is 15.2 Å². The molecule has 1 amide bonds. The number of benzene rings is 2. The lowest BCUT2D eigenvalue weighted by Crippen LogP contribution is -2.11. The highest BCUT2D eigenvalue weighted by atomic mass is 32.1. The summed E-state index contributed by atoms with van der Waals surface area (Å²) < 4.78 is 25.5. The van der Waals surface area contributed by atoms with Gasteiger partial charge in [0, 0.05) is 21.0 Å². The summed E-state index contributed by atoms with van der Waals surface area (Å²) in [6.07, 6.45) is 0. The van der Waals surface area contributed by atoms with Crippen molar-refractivity contribution in [1.29, 1.82) is 0 Å². The number of hydrogen-bond donors (Lipinski definition) is 1. The zero-order chi connectivity index (χ0) is 20.5. The maximum atomic E-state index is 14.1. The number of thiazole rings is 1. The van der Waals surface area contributed by atoms with Crippen LogP contribution in [0.15, 0.2) is 41.8 Å². The SMILES string of the molecule is COc1ccc(OC)c(-c2csc(NC(=O)c3sc4cccc(F)c4c3C)n2)c1. The van der Waals surface area contributed by atoms with Crippen molar-refractivity contribution in [3.63, 3.8) is 0 Å². The Bertz CT molecular complexity index is 1220. The average molecular weight is 429 g/mol. The molecule has 0 fully saturated rings. The Morgan fingerprint density at radius 2 is 2.00 bits per heavy atom. The summed E-state index contributed by atoms with van der Waals surface area (Å²) in [6.45, 7) is 1.76. The first kappa shape index (κ1) is 19.4. The molecule has 148 valence electrons. The van der Waals surface area contributed by atoms with E-state index in [9.17, 15) is 9.18 Å². The predicted octanol–water partition coefficient (Wildman–Crippen LogP) is 5.74. The molecule has 0 saturated heterocycles. The minimum Gasteiger partial charge on any atom is -0.497 e. The summed E-state index contributed by atoms with van der Waals surface area (Å²) in [4.78, 5) is 17.8. The van der Waals surface area contributed by atoms with Gasteiger partial charge in [0.05, 0.1) is 24.8 Å². The number of rotatable bonds is 5. The van der Waals surface area contributed by atoms with E-state index in [-0.39, 0.29) is 11.7 Å². The van der Waals surface area contributed by atoms with E-state index in [1.165, 1.54) is 28.7 Å². The van der Waals surface area contributed by atoms with Crippen molar-refractivity contribution >= 4 is 43.8 Å². The number of nitrogens with one attached hydrogen (secondary N) is 1. The number of carbonyl (C=O) groups is 1. The minimum absolute atomic E-state index is 0.304. The van der Waals surface area contributed by atoms with Crippen molar-refractivity contribution in [2.75, 3.05) is 19.5 Å². The Morgan fingerprint density at radius 3 is 2.72 bits per heavy atom. The number of fused-ring (bicyclic) bond motifs is 1. The number of methoxy groups -OCH3 is 2. The lowest BCUT2D eigenvalue weighted by Gasteiger charge is -2.08. The molecule has 2 aromatic carbocycles. The number of ether oxygens (including phenoxy) is 2. The zero-order valence-electron chi connectivity index (χ0n) is 15.9. The van der Waals surface area contributed by atoms with Crippen molar-refractivity contribution in [3.8, 4) is 22.8 Å². The lowest BCUT2D eigenvalue weighted by molar-refractivity contribution is 0.103. The van der Waals surface area contributed by atoms with Gasteiger partial charge in [-0.25, -0.2) is 9.37 Å². The summed E-state index contributed by atoms with van der Waals surface area (Å²) in [5, 5.41) is 5.60. The molecule has 8 heteroatoms. The smallest absolute Gasteiger partial charge is 0.267 e. The number of anilines is 1. The maximum Gasteiger partial charge on any atom is 0.267 e. The Morgan fingerprint density at radius 1 is 1.17 bits per heavy atom. The molecule has 2 heterocycles. The Kier molecular flexibility index (Phi) is 5.21. The molecular weight excluding hydrogens is 411 g/mol. The van der Waals surface area contributed by atoms with Crippen LogP contribution in [-0.2, 0) is 0 Å². The number of amides is 1. The molecule has 1 N–H and O–H groups in total. The largest absolute Gasteiger partial charge is 0.497 e. The van der Waals surface area contributed by atoms with Gasteiger partial charge in [-0.05, 0) is 42.8 Å². The number of aryl methyl sites for hydroxylation is 1. The highest BCUT2D eigenvalue weighted by Crippen LogP contribution is 2.36. The van der Waals surface area contributed by atoms with Gasteiger partial charge in [-0.2, -0.15) is 0 Å². The summed E-state index contributed by atoms with van der Waals surface area (Å²) in [5.41, 5.74) is 2.07. The fourth-order valence-corrected chi connectivity index (χ4v) is 4.92. The van der Waals surface area contributed by atoms with Gasteiger partial charge in [-0.1, -0.05) is 6.07 Å². The lowest BCUT2D eigenvalue weighted by atomic mass is 10.1. The number of halogens is 1. The second kappa shape index (κ2) is 7.81. The number of aromatic nitrogens is 1. The molecule has 0 atom stereocenters. The van der Waals surface area contributed by atoms with E-state index >= 15 is 0 Å². The molecule has 0 bridgehead atoms. The molecule has 0 saturated carbocycles. The molecule has 29 heavy (non-hydrogen) atoms. The molecular formula is C21H17FN2O3S2. The molecule has 5 nitrogen and oxygen atoms in total. The summed E-state index contributed by atoms with van der Waals surface area (Å²) in [7, 11) is 3.18. The fraction of sp³-hybridized carbons (Fsp3) is 0.143. The molecule has 2 aromatic heterocycles. The number of hydrogen-bond acceptors (Lipinski definition) is 6. The standard InChI is InChI=1S/C21H17FN2O3S2/c1-11-18-14(22)5-4-6-17(18)29-19(11)20(25)24-21-23-15(10-28-21)13-9-12(26-2)7-8-16(13)27-3/h4-10H,1-3H3,(H,23,24,25). The topological polar surface area (TPSA) is 60.5 Å². The Hall–Kier alpha value is -2.97. The highest BCUT2D eigenvalue weighted by molar-refractivity contribution is 7.21. The van der Waals surface area contributed by atoms with Gasteiger partial charge in [0.15, 0.2) is 5.13 Å². The molecule has 0 radical (unpaired) electrons. The number of nitrogens with zero attached hydrogens (tertiary/aromatic N) is 1. The van der Waals surface area contributed by atoms with Gasteiger partial charge in [0.1, 0.15) is 17.3 Å². The monoisotopic (exact) mass is 428 g/mol. The van der Waals surface area contributed by atoms with Gasteiger partial charge in [-0.15, -0.1) is 22.7 Å². The van der Waals surface area contributed by atoms with Crippen LogP contribution in [0, 0.1) is 12.7 Å². The maximum absolute atomic E-state index is 14.1. The van der Waals surface area contributed by atoms with Gasteiger partial charge in [0.25, 0.3) is 5.91 Å². The number of carbonyl (C=O) groups excluding carboxylic acids is 1. The quantitative estimate of drug-likeness (QED) is 0.440. The van der Waals surface area contributed by atoms with E-state index in [2.05, 4.69) is 10.3 Å². The average Bonchev–Trinajstić information content (AvgIpc) is 3.32. The van der Waals surface area contributed by atoms with E-state index in [4.69, 9.17) is 9.47 Å². The van der Waals surface area contributed by atoms with Crippen LogP contribution in [0.25, 0.3) is 21.3 Å². The molecule has 0 aliphatic heterocycles. The van der Waals surface area contributed by atoms with Gasteiger partial charge < -0.3 is 9.47 Å². The van der Waals surface area contributed by atoms with E-state index in [0.29, 0.717) is 38.2 Å². The van der Waals surface area contributed by atoms with Crippen molar-refractivity contribution in [1.82, 2.24) is 4.98 Å². The third kappa shape index (κ3) is 3.56. The third-order valence-corrected chi connectivity index (χ3v) is 6.53. The number of thiophene rings is 1. The fourth-order valence-electron chi connectivity index (χ4n) is 3.09. The minimum atomic E-state index is -0.322. The normalized spacial score (nSPS) is 10.9. The molecule has 4 aromatic rings. The Balaban J connectivity index is 1.63. The van der Waals surface area contributed by atoms with Crippen LogP contribution in [0.3, 0.4) is 0 Å². The van der Waals surface area contributed by atoms with E-state index in [0.717, 1.165) is 10.3 Å². The molecule has 0 spiro atoms. The second-order valence-electron chi connectivity index (χ2n) is 6.23. The zero-order valence-corrected chi connectivity index (χ0v) is 17.5. The highest BCUT2D eigenvalue weighted by Gasteiger charge is 2.19. The summed E-state index contributed by atoms with van der Waals surface area (Å²) >= 11 is 2.57. The molecule has 4 rings (SSSR count). The van der Waals surface area contributed by atoms with Crippen LogP contribution in [0.5, 0.6) is 11.5 Å². The van der Waals surface area contributed by atoms with E-state index in [1.54, 1.807) is 39.3 Å². The first-order valence-electron chi connectivity index (χ1n) is 8.68. The predicted molar refractivity (Wildman–Crippen MR) is 115 cm³/mol. The van der Waals surface area contributed by atoms with Crippen molar-refractivity contribution in [2.45, 2.75) is 6.92 Å². The van der Waals surface area contributed by atoms with E-state index < -0.39 is 0 Å². The van der Waals surface area contributed by atoms with Crippen LogP contribution in [0.4, 0.5) is 9.52 Å². The van der Waals surface area contributed by atoms with E-state index in [1.807, 2.05) is 17.5 Å². The first-order chi connectivity index (χ1) is 14.0. The third-order valence-electron chi connectivity index (χ3n) is 4.52. The van der Waals surface area contributed by atoms with Crippen molar-refractivity contribution in [3.05, 3.63) is 58.0 Å². The van der Waals surface area contributed by atoms with Gasteiger partial charge in [0.2, 0.25) is 0 Å². The van der Waals surface area contributed by atoms with Crippen LogP contribution >= 0.6 is 22.7 Å². The van der Waals surface area contributed by atoms with Crippen LogP contribution < -0.4 is 14.8 Å². The van der Waals surface area contributed by atoms with Crippen molar-refractivity contribution < 1.29 is 18.7 Å². The Labute approximate surface area is 174 Å². The molecule has 0 aliphatic carbocycles. The summed E-state index contributed by atoms with van der Waals surface area (Å²) in [6, 6.07) is 10.3.